The Morgan fingerprint density at radius 1 is 0.913 bits per heavy atom. The fraction of sp³-hybridized carbons (Fsp3) is 0.455. The largest absolute Gasteiger partial charge is 0.126 e. The number of aryl methyl sites for hydroxylation is 1. The highest BCUT2D eigenvalue weighted by Crippen LogP contribution is 2.56. The number of thioether (sulfide) groups is 1. The molecule has 0 unspecified atom stereocenters. The zero-order valence-electron chi connectivity index (χ0n) is 14.6. The standard InChI is InChI=1S/C22H28S/c1-18-10-7-8-13-20(18)23-17-16-21(2)14-9-15-22(21,3)19-11-5-4-6-12-19/h4-8,10-13H,9,14-17H2,1-3H3/t21-,22+/m0/s1. The Labute approximate surface area is 145 Å². The van der Waals surface area contributed by atoms with Crippen molar-refractivity contribution in [1.82, 2.24) is 0 Å². The van der Waals surface area contributed by atoms with Crippen molar-refractivity contribution in [2.75, 3.05) is 5.75 Å². The zero-order chi connectivity index (χ0) is 16.3. The first-order chi connectivity index (χ1) is 11.1. The van der Waals surface area contributed by atoms with Gasteiger partial charge in [0.1, 0.15) is 0 Å². The van der Waals surface area contributed by atoms with E-state index < -0.39 is 0 Å². The van der Waals surface area contributed by atoms with E-state index in [9.17, 15) is 0 Å². The SMILES string of the molecule is Cc1ccccc1SCC[C@]1(C)CCC[C@]1(C)c1ccccc1. The van der Waals surface area contributed by atoms with Crippen molar-refractivity contribution >= 4 is 11.8 Å². The molecule has 2 atom stereocenters. The summed E-state index contributed by atoms with van der Waals surface area (Å²) in [5.41, 5.74) is 3.66. The highest BCUT2D eigenvalue weighted by atomic mass is 32.2. The normalized spacial score (nSPS) is 27.3. The van der Waals surface area contributed by atoms with Gasteiger partial charge in [0.15, 0.2) is 0 Å². The van der Waals surface area contributed by atoms with Crippen molar-refractivity contribution in [2.24, 2.45) is 5.41 Å². The zero-order valence-corrected chi connectivity index (χ0v) is 15.5. The molecule has 0 radical (unpaired) electrons. The van der Waals surface area contributed by atoms with E-state index in [1.807, 2.05) is 11.8 Å². The first kappa shape index (κ1) is 16.6. The first-order valence-electron chi connectivity index (χ1n) is 8.79. The number of hydrogen-bond donors (Lipinski definition) is 0. The highest BCUT2D eigenvalue weighted by Gasteiger charge is 2.48. The lowest BCUT2D eigenvalue weighted by atomic mass is 9.63. The van der Waals surface area contributed by atoms with Crippen LogP contribution in [-0.2, 0) is 5.41 Å². The Kier molecular flexibility index (Phi) is 4.87. The molecule has 0 spiro atoms. The van der Waals surface area contributed by atoms with Gasteiger partial charge in [-0.1, -0.05) is 68.8 Å². The molecule has 0 nitrogen and oxygen atoms in total. The van der Waals surface area contributed by atoms with Crippen LogP contribution in [0.2, 0.25) is 0 Å². The second kappa shape index (κ2) is 6.73. The van der Waals surface area contributed by atoms with Crippen molar-refractivity contribution in [2.45, 2.75) is 56.8 Å². The fourth-order valence-electron chi connectivity index (χ4n) is 4.21. The first-order valence-corrected chi connectivity index (χ1v) is 9.78. The lowest BCUT2D eigenvalue weighted by molar-refractivity contribution is 0.190. The van der Waals surface area contributed by atoms with Gasteiger partial charge in [0.2, 0.25) is 0 Å². The molecule has 1 heteroatoms. The molecule has 0 heterocycles. The Morgan fingerprint density at radius 3 is 2.35 bits per heavy atom. The Balaban J connectivity index is 1.72. The predicted molar refractivity (Wildman–Crippen MR) is 102 cm³/mol. The van der Waals surface area contributed by atoms with Crippen LogP contribution in [0.5, 0.6) is 0 Å². The second-order valence-electron chi connectivity index (χ2n) is 7.48. The van der Waals surface area contributed by atoms with E-state index in [1.54, 1.807) is 0 Å². The summed E-state index contributed by atoms with van der Waals surface area (Å²) in [6, 6.07) is 19.9. The molecule has 0 aliphatic heterocycles. The molecule has 1 fully saturated rings. The molecule has 1 aliphatic carbocycles. The van der Waals surface area contributed by atoms with Crippen LogP contribution >= 0.6 is 11.8 Å². The molecule has 23 heavy (non-hydrogen) atoms. The van der Waals surface area contributed by atoms with Crippen molar-refractivity contribution < 1.29 is 0 Å². The van der Waals surface area contributed by atoms with E-state index in [0.717, 1.165) is 0 Å². The Morgan fingerprint density at radius 2 is 1.61 bits per heavy atom. The summed E-state index contributed by atoms with van der Waals surface area (Å²) in [5.74, 6) is 1.21. The summed E-state index contributed by atoms with van der Waals surface area (Å²) in [7, 11) is 0. The minimum Gasteiger partial charge on any atom is -0.126 e. The molecule has 0 aromatic heterocycles. The van der Waals surface area contributed by atoms with Gasteiger partial charge in [-0.15, -0.1) is 11.8 Å². The van der Waals surface area contributed by atoms with Crippen molar-refractivity contribution in [3.05, 3.63) is 65.7 Å². The van der Waals surface area contributed by atoms with E-state index in [2.05, 4.69) is 75.4 Å². The summed E-state index contributed by atoms with van der Waals surface area (Å²) in [4.78, 5) is 1.44. The van der Waals surface area contributed by atoms with Gasteiger partial charge in [-0.05, 0) is 60.0 Å². The highest BCUT2D eigenvalue weighted by molar-refractivity contribution is 7.99. The second-order valence-corrected chi connectivity index (χ2v) is 8.61. The predicted octanol–water partition coefficient (Wildman–Crippen LogP) is 6.63. The van der Waals surface area contributed by atoms with Crippen LogP contribution in [0.3, 0.4) is 0 Å². The molecule has 1 aliphatic rings. The van der Waals surface area contributed by atoms with Gasteiger partial charge in [-0.2, -0.15) is 0 Å². The number of benzene rings is 2. The lowest BCUT2D eigenvalue weighted by Crippen LogP contribution is -2.37. The molecule has 2 aromatic carbocycles. The maximum absolute atomic E-state index is 2.52. The van der Waals surface area contributed by atoms with Crippen LogP contribution < -0.4 is 0 Å². The summed E-state index contributed by atoms with van der Waals surface area (Å²) < 4.78 is 0. The Bertz CT molecular complexity index is 648. The van der Waals surface area contributed by atoms with Gasteiger partial charge in [-0.25, -0.2) is 0 Å². The van der Waals surface area contributed by atoms with E-state index in [1.165, 1.54) is 47.5 Å². The maximum atomic E-state index is 2.52. The van der Waals surface area contributed by atoms with Crippen LogP contribution in [0.1, 0.15) is 50.7 Å². The minimum atomic E-state index is 0.320. The third-order valence-corrected chi connectivity index (χ3v) is 7.33. The van der Waals surface area contributed by atoms with Crippen LogP contribution in [0.15, 0.2) is 59.5 Å². The van der Waals surface area contributed by atoms with Crippen molar-refractivity contribution in [3.63, 3.8) is 0 Å². The van der Waals surface area contributed by atoms with Crippen LogP contribution in [0.25, 0.3) is 0 Å². The van der Waals surface area contributed by atoms with Gasteiger partial charge in [0, 0.05) is 4.90 Å². The minimum absolute atomic E-state index is 0.320. The Hall–Kier alpha value is -1.21. The van der Waals surface area contributed by atoms with E-state index in [4.69, 9.17) is 0 Å². The van der Waals surface area contributed by atoms with Gasteiger partial charge in [0.05, 0.1) is 0 Å². The molecule has 0 amide bonds. The quantitative estimate of drug-likeness (QED) is 0.556. The van der Waals surface area contributed by atoms with Gasteiger partial charge < -0.3 is 0 Å². The molecule has 0 N–H and O–H groups in total. The van der Waals surface area contributed by atoms with Gasteiger partial charge in [0.25, 0.3) is 0 Å². The molecule has 3 rings (SSSR count). The summed E-state index contributed by atoms with van der Waals surface area (Å²) >= 11 is 2.03. The van der Waals surface area contributed by atoms with Crippen LogP contribution in [0, 0.1) is 12.3 Å². The molecule has 0 bridgehead atoms. The fourth-order valence-corrected chi connectivity index (χ4v) is 5.46. The molecule has 0 saturated heterocycles. The van der Waals surface area contributed by atoms with Gasteiger partial charge in [-0.3, -0.25) is 0 Å². The smallest absolute Gasteiger partial charge is 0.0101 e. The summed E-state index contributed by atoms with van der Waals surface area (Å²) in [5, 5.41) is 0. The van der Waals surface area contributed by atoms with Crippen molar-refractivity contribution in [1.29, 1.82) is 0 Å². The number of rotatable bonds is 5. The molecular formula is C22H28S. The maximum Gasteiger partial charge on any atom is 0.0101 e. The molecule has 2 aromatic rings. The van der Waals surface area contributed by atoms with Crippen molar-refractivity contribution in [3.8, 4) is 0 Å². The topological polar surface area (TPSA) is 0 Å². The average molecular weight is 325 g/mol. The molecule has 1 saturated carbocycles. The third kappa shape index (κ3) is 3.21. The summed E-state index contributed by atoms with van der Waals surface area (Å²) in [6.45, 7) is 7.23. The lowest BCUT2D eigenvalue weighted by Gasteiger charge is -2.42. The van der Waals surface area contributed by atoms with Crippen LogP contribution in [-0.4, -0.2) is 5.75 Å². The molecular weight excluding hydrogens is 296 g/mol. The van der Waals surface area contributed by atoms with Gasteiger partial charge >= 0.3 is 0 Å². The van der Waals surface area contributed by atoms with Crippen LogP contribution in [0.4, 0.5) is 0 Å². The van der Waals surface area contributed by atoms with E-state index in [0.29, 0.717) is 10.8 Å². The third-order valence-electron chi connectivity index (χ3n) is 6.15. The van der Waals surface area contributed by atoms with E-state index >= 15 is 0 Å². The summed E-state index contributed by atoms with van der Waals surface area (Å²) in [6.07, 6.45) is 5.32. The average Bonchev–Trinajstić information content (AvgIpc) is 2.87. The monoisotopic (exact) mass is 324 g/mol. The number of hydrogen-bond acceptors (Lipinski definition) is 1. The van der Waals surface area contributed by atoms with E-state index in [-0.39, 0.29) is 0 Å². The molecule has 122 valence electrons.